The lowest BCUT2D eigenvalue weighted by Crippen LogP contribution is -2.25. The Morgan fingerprint density at radius 2 is 1.84 bits per heavy atom. The molecule has 0 unspecified atom stereocenters. The van der Waals surface area contributed by atoms with Crippen molar-refractivity contribution in [1.82, 2.24) is 5.43 Å². The van der Waals surface area contributed by atoms with Crippen LogP contribution < -0.4 is 15.5 Å². The van der Waals surface area contributed by atoms with E-state index in [-0.39, 0.29) is 12.5 Å². The second-order valence-corrected chi connectivity index (χ2v) is 5.78. The van der Waals surface area contributed by atoms with Crippen LogP contribution in [0.15, 0.2) is 53.6 Å². The van der Waals surface area contributed by atoms with Crippen molar-refractivity contribution in [2.75, 3.05) is 18.5 Å². The number of carbonyl (C=O) groups is 1. The van der Waals surface area contributed by atoms with Crippen molar-refractivity contribution in [3.05, 3.63) is 59.7 Å². The van der Waals surface area contributed by atoms with Gasteiger partial charge in [-0.2, -0.15) is 5.10 Å². The second-order valence-electron chi connectivity index (χ2n) is 5.78. The van der Waals surface area contributed by atoms with Crippen LogP contribution in [0, 0.1) is 6.92 Å². The number of hydrogen-bond donors (Lipinski definition) is 2. The highest BCUT2D eigenvalue weighted by atomic mass is 16.5. The van der Waals surface area contributed by atoms with E-state index in [9.17, 15) is 4.79 Å². The van der Waals surface area contributed by atoms with Gasteiger partial charge in [0.15, 0.2) is 0 Å². The van der Waals surface area contributed by atoms with Crippen molar-refractivity contribution < 1.29 is 9.53 Å². The Labute approximate surface area is 149 Å². The minimum atomic E-state index is -0.198. The summed E-state index contributed by atoms with van der Waals surface area (Å²) in [5, 5.41) is 7.02. The quantitative estimate of drug-likeness (QED) is 0.416. The molecule has 5 nitrogen and oxygen atoms in total. The average Bonchev–Trinajstić information content (AvgIpc) is 2.63. The summed E-state index contributed by atoms with van der Waals surface area (Å²) in [5.41, 5.74) is 5.49. The lowest BCUT2D eigenvalue weighted by atomic mass is 10.2. The molecule has 2 N–H and O–H groups in total. The Morgan fingerprint density at radius 3 is 2.52 bits per heavy atom. The molecular formula is C20H25N3O2. The Hall–Kier alpha value is -2.82. The Kier molecular flexibility index (Phi) is 7.50. The van der Waals surface area contributed by atoms with Gasteiger partial charge in [0.05, 0.1) is 19.4 Å². The third-order valence-corrected chi connectivity index (χ3v) is 3.55. The first-order valence-electron chi connectivity index (χ1n) is 8.52. The van der Waals surface area contributed by atoms with Gasteiger partial charge in [-0.1, -0.05) is 31.0 Å². The number of ether oxygens (including phenoxy) is 1. The summed E-state index contributed by atoms with van der Waals surface area (Å²) in [6, 6.07) is 15.5. The largest absolute Gasteiger partial charge is 0.494 e. The summed E-state index contributed by atoms with van der Waals surface area (Å²) in [4.78, 5) is 11.8. The third-order valence-electron chi connectivity index (χ3n) is 3.55. The van der Waals surface area contributed by atoms with E-state index >= 15 is 0 Å². The molecule has 25 heavy (non-hydrogen) atoms. The molecule has 0 saturated carbocycles. The maximum absolute atomic E-state index is 11.8. The summed E-state index contributed by atoms with van der Waals surface area (Å²) in [6.45, 7) is 5.06. The van der Waals surface area contributed by atoms with Crippen molar-refractivity contribution in [3.8, 4) is 5.75 Å². The Bertz CT molecular complexity index is 679. The topological polar surface area (TPSA) is 62.7 Å². The van der Waals surface area contributed by atoms with Gasteiger partial charge in [0, 0.05) is 5.69 Å². The fourth-order valence-corrected chi connectivity index (χ4v) is 2.06. The maximum atomic E-state index is 11.8. The van der Waals surface area contributed by atoms with Gasteiger partial charge in [0.25, 0.3) is 5.91 Å². The number of nitrogens with zero attached hydrogens (tertiary/aromatic N) is 1. The first kappa shape index (κ1) is 18.5. The molecule has 2 aromatic carbocycles. The number of hydrazone groups is 1. The zero-order valence-electron chi connectivity index (χ0n) is 14.8. The van der Waals surface area contributed by atoms with Gasteiger partial charge in [-0.05, 0) is 55.3 Å². The van der Waals surface area contributed by atoms with Crippen molar-refractivity contribution in [1.29, 1.82) is 0 Å². The van der Waals surface area contributed by atoms with Crippen LogP contribution in [0.3, 0.4) is 0 Å². The fourth-order valence-electron chi connectivity index (χ4n) is 2.06. The molecule has 1 amide bonds. The number of carbonyl (C=O) groups excluding carboxylic acids is 1. The molecule has 0 atom stereocenters. The van der Waals surface area contributed by atoms with Crippen molar-refractivity contribution in [3.63, 3.8) is 0 Å². The summed E-state index contributed by atoms with van der Waals surface area (Å²) in [5.74, 6) is 0.647. The summed E-state index contributed by atoms with van der Waals surface area (Å²) in [7, 11) is 0. The molecule has 0 aliphatic carbocycles. The van der Waals surface area contributed by atoms with E-state index < -0.39 is 0 Å². The zero-order chi connectivity index (χ0) is 17.9. The number of hydrogen-bond acceptors (Lipinski definition) is 4. The molecule has 2 aromatic rings. The van der Waals surface area contributed by atoms with Crippen LogP contribution >= 0.6 is 0 Å². The highest BCUT2D eigenvalue weighted by molar-refractivity contribution is 5.84. The van der Waals surface area contributed by atoms with Crippen LogP contribution in [0.25, 0.3) is 0 Å². The van der Waals surface area contributed by atoms with Crippen molar-refractivity contribution >= 4 is 17.8 Å². The highest BCUT2D eigenvalue weighted by Gasteiger charge is 1.99. The Balaban J connectivity index is 1.72. The molecule has 0 aliphatic heterocycles. The Morgan fingerprint density at radius 1 is 1.12 bits per heavy atom. The lowest BCUT2D eigenvalue weighted by Gasteiger charge is -2.06. The van der Waals surface area contributed by atoms with Gasteiger partial charge in [-0.15, -0.1) is 0 Å². The molecule has 0 saturated heterocycles. The molecule has 0 fully saturated rings. The number of unbranched alkanes of at least 4 members (excludes halogenated alkanes) is 1. The molecule has 0 bridgehead atoms. The van der Waals surface area contributed by atoms with Crippen molar-refractivity contribution in [2.45, 2.75) is 26.7 Å². The van der Waals surface area contributed by atoms with Gasteiger partial charge in [0.2, 0.25) is 0 Å². The summed E-state index contributed by atoms with van der Waals surface area (Å²) < 4.78 is 5.60. The number of benzene rings is 2. The van der Waals surface area contributed by atoms with Crippen LogP contribution in [-0.4, -0.2) is 25.3 Å². The van der Waals surface area contributed by atoms with E-state index in [0.717, 1.165) is 36.4 Å². The van der Waals surface area contributed by atoms with E-state index in [1.807, 2.05) is 55.5 Å². The molecular weight excluding hydrogens is 314 g/mol. The molecule has 0 aliphatic rings. The van der Waals surface area contributed by atoms with Crippen LogP contribution in [0.5, 0.6) is 5.75 Å². The van der Waals surface area contributed by atoms with Crippen LogP contribution in [-0.2, 0) is 4.79 Å². The van der Waals surface area contributed by atoms with E-state index in [2.05, 4.69) is 22.8 Å². The average molecular weight is 339 g/mol. The maximum Gasteiger partial charge on any atom is 0.259 e. The number of amides is 1. The number of aryl methyl sites for hydroxylation is 1. The SMILES string of the molecule is CCCCOc1ccc(/C=N/NC(=O)CNc2ccc(C)cc2)cc1. The highest BCUT2D eigenvalue weighted by Crippen LogP contribution is 2.11. The van der Waals surface area contributed by atoms with Crippen LogP contribution in [0.1, 0.15) is 30.9 Å². The molecule has 0 spiro atoms. The zero-order valence-corrected chi connectivity index (χ0v) is 14.8. The predicted molar refractivity (Wildman–Crippen MR) is 102 cm³/mol. The standard InChI is InChI=1S/C20H25N3O2/c1-3-4-13-25-19-11-7-17(8-12-19)14-22-23-20(24)15-21-18-9-5-16(2)6-10-18/h5-12,14,21H,3-4,13,15H2,1-2H3,(H,23,24)/b22-14+. The molecule has 0 heterocycles. The molecule has 2 rings (SSSR count). The van der Waals surface area contributed by atoms with Crippen molar-refractivity contribution in [2.24, 2.45) is 5.10 Å². The second kappa shape index (κ2) is 10.1. The number of rotatable bonds is 9. The van der Waals surface area contributed by atoms with Gasteiger partial charge >= 0.3 is 0 Å². The van der Waals surface area contributed by atoms with Gasteiger partial charge in [-0.25, -0.2) is 5.43 Å². The minimum Gasteiger partial charge on any atom is -0.494 e. The monoisotopic (exact) mass is 339 g/mol. The smallest absolute Gasteiger partial charge is 0.259 e. The van der Waals surface area contributed by atoms with E-state index in [1.165, 1.54) is 5.56 Å². The van der Waals surface area contributed by atoms with E-state index in [0.29, 0.717) is 0 Å². The summed E-state index contributed by atoms with van der Waals surface area (Å²) >= 11 is 0. The summed E-state index contributed by atoms with van der Waals surface area (Å²) in [6.07, 6.45) is 3.77. The first-order valence-corrected chi connectivity index (χ1v) is 8.52. The normalized spacial score (nSPS) is 10.6. The first-order chi connectivity index (χ1) is 12.2. The predicted octanol–water partition coefficient (Wildman–Crippen LogP) is 3.74. The molecule has 132 valence electrons. The van der Waals surface area contributed by atoms with E-state index in [4.69, 9.17) is 4.74 Å². The van der Waals surface area contributed by atoms with Gasteiger partial charge < -0.3 is 10.1 Å². The van der Waals surface area contributed by atoms with Gasteiger partial charge in [0.1, 0.15) is 5.75 Å². The van der Waals surface area contributed by atoms with E-state index in [1.54, 1.807) is 6.21 Å². The minimum absolute atomic E-state index is 0.171. The molecule has 0 aromatic heterocycles. The third kappa shape index (κ3) is 7.08. The van der Waals surface area contributed by atoms with Crippen LogP contribution in [0.4, 0.5) is 5.69 Å². The van der Waals surface area contributed by atoms with Crippen LogP contribution in [0.2, 0.25) is 0 Å². The fraction of sp³-hybridized carbons (Fsp3) is 0.300. The molecule has 5 heteroatoms. The lowest BCUT2D eigenvalue weighted by molar-refractivity contribution is -0.119. The molecule has 0 radical (unpaired) electrons. The number of anilines is 1. The van der Waals surface area contributed by atoms with Gasteiger partial charge in [-0.3, -0.25) is 4.79 Å². The number of nitrogens with one attached hydrogen (secondary N) is 2.